The van der Waals surface area contributed by atoms with Crippen molar-refractivity contribution in [2.24, 2.45) is 0 Å². The van der Waals surface area contributed by atoms with E-state index >= 15 is 0 Å². The molecule has 0 radical (unpaired) electrons. The van der Waals surface area contributed by atoms with Crippen LogP contribution in [0.3, 0.4) is 0 Å². The molecule has 0 N–H and O–H groups in total. The zero-order chi connectivity index (χ0) is 16.4. The molecule has 1 aliphatic heterocycles. The summed E-state index contributed by atoms with van der Waals surface area (Å²) in [5, 5.41) is 10.7. The van der Waals surface area contributed by atoms with Crippen molar-refractivity contribution < 1.29 is 4.79 Å². The SMILES string of the molecule is O=C(CCCc1cccs1)N1CCCC1c1nnc2ccccn12. The van der Waals surface area contributed by atoms with Gasteiger partial charge in [-0.3, -0.25) is 9.20 Å². The number of amides is 1. The minimum absolute atomic E-state index is 0.0524. The van der Waals surface area contributed by atoms with Gasteiger partial charge in [0.25, 0.3) is 0 Å². The van der Waals surface area contributed by atoms with Crippen LogP contribution in [0.15, 0.2) is 41.9 Å². The standard InChI is InChI=1S/C18H20N4OS/c23-17(10-3-6-14-7-5-13-24-14)21-12-4-8-15(21)18-20-19-16-9-1-2-11-22(16)18/h1-2,5,7,9,11,13,15H,3-4,6,8,10,12H2. The van der Waals surface area contributed by atoms with Crippen molar-refractivity contribution in [1.29, 1.82) is 0 Å². The molecule has 0 saturated carbocycles. The van der Waals surface area contributed by atoms with Gasteiger partial charge in [0, 0.05) is 24.0 Å². The van der Waals surface area contributed by atoms with Crippen LogP contribution >= 0.6 is 11.3 Å². The number of aromatic nitrogens is 3. The molecule has 24 heavy (non-hydrogen) atoms. The molecule has 3 aromatic heterocycles. The first kappa shape index (κ1) is 15.3. The lowest BCUT2D eigenvalue weighted by Crippen LogP contribution is -2.31. The zero-order valence-electron chi connectivity index (χ0n) is 13.5. The summed E-state index contributed by atoms with van der Waals surface area (Å²) < 4.78 is 2.00. The molecule has 0 aromatic carbocycles. The lowest BCUT2D eigenvalue weighted by molar-refractivity contribution is -0.132. The summed E-state index contributed by atoms with van der Waals surface area (Å²) >= 11 is 1.76. The Labute approximate surface area is 144 Å². The number of thiophene rings is 1. The summed E-state index contributed by atoms with van der Waals surface area (Å²) in [4.78, 5) is 16.0. The van der Waals surface area contributed by atoms with Crippen molar-refractivity contribution in [2.45, 2.75) is 38.1 Å². The fourth-order valence-corrected chi connectivity index (χ4v) is 4.18. The van der Waals surface area contributed by atoms with Crippen LogP contribution in [0.1, 0.15) is 42.4 Å². The molecule has 1 amide bonds. The van der Waals surface area contributed by atoms with Crippen molar-refractivity contribution >= 4 is 22.9 Å². The first-order valence-electron chi connectivity index (χ1n) is 8.44. The quantitative estimate of drug-likeness (QED) is 0.714. The molecule has 4 heterocycles. The van der Waals surface area contributed by atoms with E-state index in [1.54, 1.807) is 11.3 Å². The summed E-state index contributed by atoms with van der Waals surface area (Å²) in [5.74, 6) is 1.12. The van der Waals surface area contributed by atoms with E-state index in [1.165, 1.54) is 4.88 Å². The van der Waals surface area contributed by atoms with Gasteiger partial charge in [-0.2, -0.15) is 0 Å². The van der Waals surface area contributed by atoms with E-state index in [0.717, 1.165) is 43.7 Å². The van der Waals surface area contributed by atoms with Crippen LogP contribution in [-0.2, 0) is 11.2 Å². The third-order valence-corrected chi connectivity index (χ3v) is 5.54. The lowest BCUT2D eigenvalue weighted by atomic mass is 10.1. The summed E-state index contributed by atoms with van der Waals surface area (Å²) in [7, 11) is 0. The summed E-state index contributed by atoms with van der Waals surface area (Å²) in [6.07, 6.45) is 6.46. The van der Waals surface area contributed by atoms with Gasteiger partial charge in [0.1, 0.15) is 0 Å². The highest BCUT2D eigenvalue weighted by molar-refractivity contribution is 7.09. The molecule has 1 unspecified atom stereocenters. The number of carbonyl (C=O) groups excluding carboxylic acids is 1. The monoisotopic (exact) mass is 340 g/mol. The first-order chi connectivity index (χ1) is 11.8. The average Bonchev–Trinajstić information content (AvgIpc) is 3.34. The molecular weight excluding hydrogens is 320 g/mol. The van der Waals surface area contributed by atoms with E-state index in [1.807, 2.05) is 33.7 Å². The third-order valence-electron chi connectivity index (χ3n) is 4.61. The number of likely N-dealkylation sites (tertiary alicyclic amines) is 1. The van der Waals surface area contributed by atoms with Gasteiger partial charge in [-0.1, -0.05) is 12.1 Å². The minimum Gasteiger partial charge on any atom is -0.332 e. The molecule has 6 heteroatoms. The summed E-state index contributed by atoms with van der Waals surface area (Å²) in [5.41, 5.74) is 0.837. The van der Waals surface area contributed by atoms with E-state index in [2.05, 4.69) is 27.7 Å². The average molecular weight is 340 g/mol. The van der Waals surface area contributed by atoms with Crippen molar-refractivity contribution in [1.82, 2.24) is 19.5 Å². The number of nitrogens with zero attached hydrogens (tertiary/aromatic N) is 4. The number of carbonyl (C=O) groups is 1. The van der Waals surface area contributed by atoms with Crippen LogP contribution < -0.4 is 0 Å². The van der Waals surface area contributed by atoms with Crippen molar-refractivity contribution in [3.63, 3.8) is 0 Å². The van der Waals surface area contributed by atoms with Crippen LogP contribution in [-0.4, -0.2) is 31.9 Å². The molecule has 124 valence electrons. The highest BCUT2D eigenvalue weighted by Gasteiger charge is 2.32. The number of fused-ring (bicyclic) bond motifs is 1. The second-order valence-electron chi connectivity index (χ2n) is 6.17. The molecule has 5 nitrogen and oxygen atoms in total. The van der Waals surface area contributed by atoms with Crippen LogP contribution in [0, 0.1) is 0 Å². The minimum atomic E-state index is 0.0524. The predicted octanol–water partition coefficient (Wildman–Crippen LogP) is 3.48. The van der Waals surface area contributed by atoms with Gasteiger partial charge in [0.2, 0.25) is 5.91 Å². The molecular formula is C18H20N4OS. The molecule has 4 rings (SSSR count). The molecule has 0 bridgehead atoms. The molecule has 0 spiro atoms. The smallest absolute Gasteiger partial charge is 0.223 e. The molecule has 1 saturated heterocycles. The fraction of sp³-hybridized carbons (Fsp3) is 0.389. The Morgan fingerprint density at radius 3 is 3.08 bits per heavy atom. The number of hydrogen-bond acceptors (Lipinski definition) is 4. The van der Waals surface area contributed by atoms with Crippen molar-refractivity contribution in [2.75, 3.05) is 6.54 Å². The molecule has 3 aromatic rings. The maximum Gasteiger partial charge on any atom is 0.223 e. The number of hydrogen-bond donors (Lipinski definition) is 0. The Morgan fingerprint density at radius 1 is 1.25 bits per heavy atom. The fourth-order valence-electron chi connectivity index (χ4n) is 3.43. The molecule has 1 aliphatic rings. The molecule has 0 aliphatic carbocycles. The number of rotatable bonds is 5. The number of aryl methyl sites for hydroxylation is 1. The van der Waals surface area contributed by atoms with E-state index in [9.17, 15) is 4.79 Å². The normalized spacial score (nSPS) is 17.7. The van der Waals surface area contributed by atoms with Crippen LogP contribution in [0.5, 0.6) is 0 Å². The highest BCUT2D eigenvalue weighted by atomic mass is 32.1. The number of pyridine rings is 1. The van der Waals surface area contributed by atoms with Gasteiger partial charge in [-0.15, -0.1) is 21.5 Å². The topological polar surface area (TPSA) is 50.5 Å². The Morgan fingerprint density at radius 2 is 2.21 bits per heavy atom. The van der Waals surface area contributed by atoms with E-state index in [4.69, 9.17) is 0 Å². The van der Waals surface area contributed by atoms with E-state index in [-0.39, 0.29) is 11.9 Å². The second-order valence-corrected chi connectivity index (χ2v) is 7.20. The van der Waals surface area contributed by atoms with Gasteiger partial charge in [0.15, 0.2) is 11.5 Å². The van der Waals surface area contributed by atoms with E-state index in [0.29, 0.717) is 6.42 Å². The summed E-state index contributed by atoms with van der Waals surface area (Å²) in [6.45, 7) is 0.824. The van der Waals surface area contributed by atoms with Gasteiger partial charge in [0.05, 0.1) is 6.04 Å². The summed E-state index contributed by atoms with van der Waals surface area (Å²) in [6, 6.07) is 10.1. The van der Waals surface area contributed by atoms with Gasteiger partial charge < -0.3 is 4.90 Å². The van der Waals surface area contributed by atoms with Crippen LogP contribution in [0.4, 0.5) is 0 Å². The highest BCUT2D eigenvalue weighted by Crippen LogP contribution is 2.31. The largest absolute Gasteiger partial charge is 0.332 e. The Balaban J connectivity index is 1.45. The predicted molar refractivity (Wildman–Crippen MR) is 93.9 cm³/mol. The van der Waals surface area contributed by atoms with Gasteiger partial charge in [-0.05, 0) is 49.3 Å². The second kappa shape index (κ2) is 6.73. The van der Waals surface area contributed by atoms with Crippen molar-refractivity contribution in [3.05, 3.63) is 52.6 Å². The zero-order valence-corrected chi connectivity index (χ0v) is 14.3. The molecule has 1 atom stereocenters. The van der Waals surface area contributed by atoms with E-state index < -0.39 is 0 Å². The van der Waals surface area contributed by atoms with Gasteiger partial charge in [-0.25, -0.2) is 0 Å². The maximum absolute atomic E-state index is 12.7. The van der Waals surface area contributed by atoms with Crippen LogP contribution in [0.25, 0.3) is 5.65 Å². The Hall–Kier alpha value is -2.21. The Bertz CT molecular complexity index is 827. The third kappa shape index (κ3) is 2.94. The van der Waals surface area contributed by atoms with Crippen LogP contribution in [0.2, 0.25) is 0 Å². The van der Waals surface area contributed by atoms with Crippen molar-refractivity contribution in [3.8, 4) is 0 Å². The van der Waals surface area contributed by atoms with Gasteiger partial charge >= 0.3 is 0 Å². The molecule has 1 fully saturated rings. The first-order valence-corrected chi connectivity index (χ1v) is 9.32. The Kier molecular flexibility index (Phi) is 4.30. The lowest BCUT2D eigenvalue weighted by Gasteiger charge is -2.23. The maximum atomic E-state index is 12.7.